The molecule has 0 aliphatic rings. The maximum atomic E-state index is 12.2. The van der Waals surface area contributed by atoms with Gasteiger partial charge in [0.05, 0.1) is 0 Å². The highest BCUT2D eigenvalue weighted by molar-refractivity contribution is 5.79. The summed E-state index contributed by atoms with van der Waals surface area (Å²) in [6.45, 7) is 4.53. The van der Waals surface area contributed by atoms with Crippen LogP contribution in [-0.2, 0) is 16.8 Å². The average Bonchev–Trinajstić information content (AvgIpc) is 2.65. The highest BCUT2D eigenvalue weighted by atomic mass is 16.1. The van der Waals surface area contributed by atoms with Crippen LogP contribution in [0, 0.1) is 0 Å². The molecule has 0 atom stereocenters. The number of hydrogen-bond acceptors (Lipinski definition) is 2. The Balaban J connectivity index is 1.59. The molecule has 1 heterocycles. The number of fused-ring (bicyclic) bond motifs is 1. The standard InChI is InChI=1S/C22H24N2O2/c1-22(2,18-9-4-3-5-10-18)13-12-20(25)23-15-17-14-16-8-6-7-11-19(16)24-21(17)26/h3-11,14H,12-13,15H2,1-2H3,(H,23,25)(H,24,26). The fourth-order valence-electron chi connectivity index (χ4n) is 3.07. The molecule has 2 aromatic carbocycles. The van der Waals surface area contributed by atoms with Gasteiger partial charge in [-0.1, -0.05) is 62.4 Å². The Morgan fingerprint density at radius 2 is 1.73 bits per heavy atom. The van der Waals surface area contributed by atoms with Crippen molar-refractivity contribution in [2.75, 3.05) is 0 Å². The molecular weight excluding hydrogens is 324 g/mol. The third-order valence-corrected chi connectivity index (χ3v) is 4.84. The van der Waals surface area contributed by atoms with E-state index >= 15 is 0 Å². The quantitative estimate of drug-likeness (QED) is 0.710. The van der Waals surface area contributed by atoms with Crippen molar-refractivity contribution < 1.29 is 4.79 Å². The monoisotopic (exact) mass is 348 g/mol. The second-order valence-electron chi connectivity index (χ2n) is 7.24. The molecule has 4 heteroatoms. The molecule has 4 nitrogen and oxygen atoms in total. The molecule has 26 heavy (non-hydrogen) atoms. The van der Waals surface area contributed by atoms with Crippen LogP contribution in [0.1, 0.15) is 37.8 Å². The number of aromatic nitrogens is 1. The van der Waals surface area contributed by atoms with E-state index in [0.29, 0.717) is 12.0 Å². The Morgan fingerprint density at radius 3 is 2.50 bits per heavy atom. The van der Waals surface area contributed by atoms with Gasteiger partial charge in [0.2, 0.25) is 5.91 Å². The van der Waals surface area contributed by atoms with E-state index in [4.69, 9.17) is 0 Å². The lowest BCUT2D eigenvalue weighted by Crippen LogP contribution is -2.28. The minimum Gasteiger partial charge on any atom is -0.352 e. The summed E-state index contributed by atoms with van der Waals surface area (Å²) in [6.07, 6.45) is 1.17. The first-order valence-corrected chi connectivity index (χ1v) is 8.89. The van der Waals surface area contributed by atoms with E-state index in [1.807, 2.05) is 48.5 Å². The predicted molar refractivity (Wildman–Crippen MR) is 105 cm³/mol. The van der Waals surface area contributed by atoms with E-state index in [2.05, 4.69) is 36.3 Å². The van der Waals surface area contributed by atoms with Gasteiger partial charge in [0.25, 0.3) is 5.56 Å². The van der Waals surface area contributed by atoms with Gasteiger partial charge in [0.15, 0.2) is 0 Å². The highest BCUT2D eigenvalue weighted by Crippen LogP contribution is 2.27. The Morgan fingerprint density at radius 1 is 1.04 bits per heavy atom. The van der Waals surface area contributed by atoms with Gasteiger partial charge in [0.1, 0.15) is 0 Å². The van der Waals surface area contributed by atoms with Crippen LogP contribution in [0.25, 0.3) is 10.9 Å². The number of carbonyl (C=O) groups is 1. The molecule has 0 aliphatic heterocycles. The van der Waals surface area contributed by atoms with Crippen molar-refractivity contribution in [2.24, 2.45) is 0 Å². The molecule has 3 aromatic rings. The summed E-state index contributed by atoms with van der Waals surface area (Å²) in [5, 5.41) is 3.83. The van der Waals surface area contributed by atoms with Crippen molar-refractivity contribution in [1.82, 2.24) is 10.3 Å². The molecule has 3 rings (SSSR count). The van der Waals surface area contributed by atoms with E-state index < -0.39 is 0 Å². The zero-order chi connectivity index (χ0) is 18.6. The zero-order valence-electron chi connectivity index (χ0n) is 15.2. The fourth-order valence-corrected chi connectivity index (χ4v) is 3.07. The lowest BCUT2D eigenvalue weighted by molar-refractivity contribution is -0.121. The molecule has 1 aromatic heterocycles. The Bertz CT molecular complexity index is 959. The van der Waals surface area contributed by atoms with E-state index in [1.54, 1.807) is 0 Å². The second-order valence-corrected chi connectivity index (χ2v) is 7.24. The van der Waals surface area contributed by atoms with Crippen molar-refractivity contribution in [3.63, 3.8) is 0 Å². The first kappa shape index (κ1) is 17.9. The number of nitrogens with one attached hydrogen (secondary N) is 2. The van der Waals surface area contributed by atoms with Crippen LogP contribution in [0.4, 0.5) is 0 Å². The summed E-state index contributed by atoms with van der Waals surface area (Å²) in [6, 6.07) is 19.7. The van der Waals surface area contributed by atoms with E-state index in [1.165, 1.54) is 5.56 Å². The molecule has 0 radical (unpaired) electrons. The van der Waals surface area contributed by atoms with Crippen molar-refractivity contribution in [1.29, 1.82) is 0 Å². The lowest BCUT2D eigenvalue weighted by atomic mass is 9.80. The summed E-state index contributed by atoms with van der Waals surface area (Å²) in [7, 11) is 0. The highest BCUT2D eigenvalue weighted by Gasteiger charge is 2.21. The largest absolute Gasteiger partial charge is 0.352 e. The molecule has 134 valence electrons. The van der Waals surface area contributed by atoms with Gasteiger partial charge in [-0.15, -0.1) is 0 Å². The topological polar surface area (TPSA) is 62.0 Å². The van der Waals surface area contributed by atoms with Gasteiger partial charge >= 0.3 is 0 Å². The molecule has 0 aliphatic carbocycles. The normalized spacial score (nSPS) is 11.5. The number of benzene rings is 2. The molecule has 0 saturated heterocycles. The molecular formula is C22H24N2O2. The van der Waals surface area contributed by atoms with E-state index in [9.17, 15) is 9.59 Å². The SMILES string of the molecule is CC(C)(CCC(=O)NCc1cc2ccccc2[nH]c1=O)c1ccccc1. The van der Waals surface area contributed by atoms with Crippen molar-refractivity contribution in [3.8, 4) is 0 Å². The summed E-state index contributed by atoms with van der Waals surface area (Å²) in [4.78, 5) is 27.2. The van der Waals surface area contributed by atoms with Crippen LogP contribution in [0.15, 0.2) is 65.5 Å². The number of pyridine rings is 1. The van der Waals surface area contributed by atoms with Crippen LogP contribution in [0.2, 0.25) is 0 Å². The summed E-state index contributed by atoms with van der Waals surface area (Å²) >= 11 is 0. The van der Waals surface area contributed by atoms with Crippen LogP contribution >= 0.6 is 0 Å². The fraction of sp³-hybridized carbons (Fsp3) is 0.273. The minimum atomic E-state index is -0.159. The predicted octanol–water partition coefficient (Wildman–Crippen LogP) is 3.90. The lowest BCUT2D eigenvalue weighted by Gasteiger charge is -2.25. The van der Waals surface area contributed by atoms with Crippen LogP contribution in [0.5, 0.6) is 0 Å². The number of carbonyl (C=O) groups excluding carboxylic acids is 1. The first-order chi connectivity index (χ1) is 12.5. The van der Waals surface area contributed by atoms with Gasteiger partial charge < -0.3 is 10.3 Å². The van der Waals surface area contributed by atoms with Gasteiger partial charge in [-0.3, -0.25) is 9.59 Å². The molecule has 0 bridgehead atoms. The number of rotatable bonds is 6. The van der Waals surface area contributed by atoms with Crippen molar-refractivity contribution in [3.05, 3.63) is 82.1 Å². The van der Waals surface area contributed by atoms with Crippen molar-refractivity contribution >= 4 is 16.8 Å². The summed E-state index contributed by atoms with van der Waals surface area (Å²) in [5.41, 5.74) is 2.36. The zero-order valence-corrected chi connectivity index (χ0v) is 15.2. The van der Waals surface area contributed by atoms with Crippen molar-refractivity contribution in [2.45, 2.75) is 38.6 Å². The first-order valence-electron chi connectivity index (χ1n) is 8.89. The van der Waals surface area contributed by atoms with Crippen LogP contribution < -0.4 is 10.9 Å². The molecule has 0 spiro atoms. The third-order valence-electron chi connectivity index (χ3n) is 4.84. The molecule has 0 saturated carbocycles. The minimum absolute atomic E-state index is 0.0402. The van der Waals surface area contributed by atoms with Gasteiger partial charge in [-0.05, 0) is 34.9 Å². The second kappa shape index (κ2) is 7.56. The summed E-state index contributed by atoms with van der Waals surface area (Å²) < 4.78 is 0. The number of amides is 1. The molecule has 1 amide bonds. The van der Waals surface area contributed by atoms with Crippen LogP contribution in [0.3, 0.4) is 0 Å². The smallest absolute Gasteiger partial charge is 0.253 e. The van der Waals surface area contributed by atoms with Crippen LogP contribution in [-0.4, -0.2) is 10.9 Å². The van der Waals surface area contributed by atoms with Gasteiger partial charge in [-0.2, -0.15) is 0 Å². The maximum Gasteiger partial charge on any atom is 0.253 e. The molecule has 0 fully saturated rings. The number of H-pyrrole nitrogens is 1. The average molecular weight is 348 g/mol. The Labute approximate surface area is 153 Å². The number of aromatic amines is 1. The van der Waals surface area contributed by atoms with E-state index in [0.717, 1.165) is 17.3 Å². The van der Waals surface area contributed by atoms with Gasteiger partial charge in [0, 0.05) is 24.0 Å². The Hall–Kier alpha value is -2.88. The molecule has 0 unspecified atom stereocenters. The molecule has 2 N–H and O–H groups in total. The van der Waals surface area contributed by atoms with E-state index in [-0.39, 0.29) is 23.4 Å². The third kappa shape index (κ3) is 4.20. The number of hydrogen-bond donors (Lipinski definition) is 2. The number of para-hydroxylation sites is 1. The maximum absolute atomic E-state index is 12.2. The van der Waals surface area contributed by atoms with Gasteiger partial charge in [-0.25, -0.2) is 0 Å². The Kier molecular flexibility index (Phi) is 5.21. The summed E-state index contributed by atoms with van der Waals surface area (Å²) in [5.74, 6) is -0.0402.